The van der Waals surface area contributed by atoms with Crippen LogP contribution in [0.1, 0.15) is 15.9 Å². The number of hydrogen-bond donors (Lipinski definition) is 0. The Kier molecular flexibility index (Phi) is 5.26. The standard InChI is InChI=1S/C23H16BrN3O/c24-21-12-10-19(11-13-21)18-6-8-20(9-7-18)23(28)22(27-16-25-15-26-27)14-17-4-2-1-3-5-17/h1-16H/b22-14-. The summed E-state index contributed by atoms with van der Waals surface area (Å²) in [7, 11) is 0. The van der Waals surface area contributed by atoms with Crippen molar-refractivity contribution in [2.45, 2.75) is 0 Å². The van der Waals surface area contributed by atoms with Gasteiger partial charge in [-0.15, -0.1) is 0 Å². The average Bonchev–Trinajstić information content (AvgIpc) is 3.28. The number of carbonyl (C=O) groups is 1. The highest BCUT2D eigenvalue weighted by Gasteiger charge is 2.15. The summed E-state index contributed by atoms with van der Waals surface area (Å²) in [6.07, 6.45) is 4.77. The number of halogens is 1. The van der Waals surface area contributed by atoms with Gasteiger partial charge in [0.05, 0.1) is 0 Å². The van der Waals surface area contributed by atoms with E-state index in [9.17, 15) is 4.79 Å². The maximum absolute atomic E-state index is 13.2. The molecule has 0 amide bonds. The number of benzene rings is 3. The van der Waals surface area contributed by atoms with E-state index in [1.54, 1.807) is 0 Å². The van der Waals surface area contributed by atoms with E-state index < -0.39 is 0 Å². The normalized spacial score (nSPS) is 11.4. The molecule has 4 nitrogen and oxygen atoms in total. The van der Waals surface area contributed by atoms with Gasteiger partial charge in [0, 0.05) is 10.0 Å². The van der Waals surface area contributed by atoms with Gasteiger partial charge in [-0.25, -0.2) is 9.67 Å². The van der Waals surface area contributed by atoms with Gasteiger partial charge in [-0.2, -0.15) is 5.10 Å². The topological polar surface area (TPSA) is 47.8 Å². The monoisotopic (exact) mass is 429 g/mol. The van der Waals surface area contributed by atoms with E-state index in [-0.39, 0.29) is 5.78 Å². The molecule has 0 radical (unpaired) electrons. The first-order valence-corrected chi connectivity index (χ1v) is 9.52. The van der Waals surface area contributed by atoms with Crippen LogP contribution in [0.5, 0.6) is 0 Å². The Bertz CT molecular complexity index is 1100. The van der Waals surface area contributed by atoms with Gasteiger partial charge in [0.2, 0.25) is 5.78 Å². The van der Waals surface area contributed by atoms with Crippen molar-refractivity contribution in [3.8, 4) is 11.1 Å². The molecule has 28 heavy (non-hydrogen) atoms. The van der Waals surface area contributed by atoms with E-state index in [0.717, 1.165) is 21.2 Å². The zero-order chi connectivity index (χ0) is 19.3. The molecular weight excluding hydrogens is 414 g/mol. The molecule has 0 spiro atoms. The molecule has 0 saturated carbocycles. The largest absolute Gasteiger partial charge is 0.287 e. The number of aromatic nitrogens is 3. The molecule has 5 heteroatoms. The van der Waals surface area contributed by atoms with Crippen LogP contribution in [0.2, 0.25) is 0 Å². The van der Waals surface area contributed by atoms with E-state index in [2.05, 4.69) is 26.0 Å². The fourth-order valence-corrected chi connectivity index (χ4v) is 3.14. The van der Waals surface area contributed by atoms with Crippen LogP contribution in [0.3, 0.4) is 0 Å². The number of allylic oxidation sites excluding steroid dienone is 1. The minimum atomic E-state index is -0.114. The molecule has 0 bridgehead atoms. The Labute approximate surface area is 171 Å². The van der Waals surface area contributed by atoms with Crippen molar-refractivity contribution in [1.82, 2.24) is 14.8 Å². The smallest absolute Gasteiger partial charge is 0.211 e. The highest BCUT2D eigenvalue weighted by Crippen LogP contribution is 2.24. The van der Waals surface area contributed by atoms with E-state index >= 15 is 0 Å². The van der Waals surface area contributed by atoms with Crippen LogP contribution in [0.15, 0.2) is 96.0 Å². The zero-order valence-corrected chi connectivity index (χ0v) is 16.5. The molecule has 136 valence electrons. The van der Waals surface area contributed by atoms with Gasteiger partial charge in [-0.3, -0.25) is 4.79 Å². The average molecular weight is 430 g/mol. The van der Waals surface area contributed by atoms with Gasteiger partial charge in [-0.1, -0.05) is 82.7 Å². The van der Waals surface area contributed by atoms with E-state index in [4.69, 9.17) is 0 Å². The predicted octanol–water partition coefficient (Wildman–Crippen LogP) is 5.59. The van der Waals surface area contributed by atoms with Crippen LogP contribution in [0.25, 0.3) is 22.9 Å². The lowest BCUT2D eigenvalue weighted by molar-refractivity contribution is 0.105. The van der Waals surface area contributed by atoms with Crippen LogP contribution in [0, 0.1) is 0 Å². The van der Waals surface area contributed by atoms with Crippen molar-refractivity contribution >= 4 is 33.5 Å². The van der Waals surface area contributed by atoms with Crippen molar-refractivity contribution in [3.05, 3.63) is 107 Å². The number of Topliss-reactive ketones (excluding diaryl/α,β-unsaturated/α-hetero) is 1. The van der Waals surface area contributed by atoms with Gasteiger partial charge in [0.15, 0.2) is 0 Å². The summed E-state index contributed by atoms with van der Waals surface area (Å²) in [5.41, 5.74) is 4.11. The number of carbonyl (C=O) groups excluding carboxylic acids is 1. The summed E-state index contributed by atoms with van der Waals surface area (Å²) >= 11 is 3.45. The van der Waals surface area contributed by atoms with Crippen molar-refractivity contribution in [2.75, 3.05) is 0 Å². The Morgan fingerprint density at radius 3 is 2.11 bits per heavy atom. The third-order valence-corrected chi connectivity index (χ3v) is 4.85. The third kappa shape index (κ3) is 4.00. The van der Waals surface area contributed by atoms with Crippen molar-refractivity contribution in [1.29, 1.82) is 0 Å². The van der Waals surface area contributed by atoms with Crippen molar-refractivity contribution < 1.29 is 4.79 Å². The van der Waals surface area contributed by atoms with Crippen LogP contribution in [0.4, 0.5) is 0 Å². The molecular formula is C23H16BrN3O. The predicted molar refractivity (Wildman–Crippen MR) is 115 cm³/mol. The number of hydrogen-bond acceptors (Lipinski definition) is 3. The molecule has 3 aromatic carbocycles. The first kappa shape index (κ1) is 18.1. The summed E-state index contributed by atoms with van der Waals surface area (Å²) in [6.45, 7) is 0. The van der Waals surface area contributed by atoms with E-state index in [0.29, 0.717) is 11.3 Å². The number of ketones is 1. The molecule has 0 aliphatic heterocycles. The highest BCUT2D eigenvalue weighted by atomic mass is 79.9. The second-order valence-electron chi connectivity index (χ2n) is 6.19. The Morgan fingerprint density at radius 1 is 0.857 bits per heavy atom. The van der Waals surface area contributed by atoms with Gasteiger partial charge in [-0.05, 0) is 34.9 Å². The molecule has 0 N–H and O–H groups in total. The SMILES string of the molecule is O=C(/C(=C/c1ccccc1)n1cncn1)c1ccc(-c2ccc(Br)cc2)cc1. The summed E-state index contributed by atoms with van der Waals surface area (Å²) in [5, 5.41) is 4.14. The fourth-order valence-electron chi connectivity index (χ4n) is 2.88. The molecule has 4 aromatic rings. The van der Waals surface area contributed by atoms with Gasteiger partial charge < -0.3 is 0 Å². The molecule has 1 heterocycles. The quantitative estimate of drug-likeness (QED) is 0.306. The summed E-state index contributed by atoms with van der Waals surface area (Å²) in [4.78, 5) is 17.2. The van der Waals surface area contributed by atoms with E-state index in [1.807, 2.05) is 84.9 Å². The number of nitrogens with zero attached hydrogens (tertiary/aromatic N) is 3. The maximum atomic E-state index is 13.2. The first-order valence-electron chi connectivity index (χ1n) is 8.73. The highest BCUT2D eigenvalue weighted by molar-refractivity contribution is 9.10. The van der Waals surface area contributed by atoms with Gasteiger partial charge in [0.25, 0.3) is 0 Å². The van der Waals surface area contributed by atoms with Crippen molar-refractivity contribution in [2.24, 2.45) is 0 Å². The molecule has 0 fully saturated rings. The van der Waals surface area contributed by atoms with Gasteiger partial charge in [0.1, 0.15) is 18.4 Å². The molecule has 0 unspecified atom stereocenters. The van der Waals surface area contributed by atoms with Crippen LogP contribution >= 0.6 is 15.9 Å². The van der Waals surface area contributed by atoms with Gasteiger partial charge >= 0.3 is 0 Å². The lowest BCUT2D eigenvalue weighted by atomic mass is 10.0. The number of rotatable bonds is 5. The zero-order valence-electron chi connectivity index (χ0n) is 14.9. The van der Waals surface area contributed by atoms with E-state index in [1.165, 1.54) is 17.3 Å². The second kappa shape index (κ2) is 8.15. The summed E-state index contributed by atoms with van der Waals surface area (Å²) < 4.78 is 2.53. The minimum Gasteiger partial charge on any atom is -0.287 e. The maximum Gasteiger partial charge on any atom is 0.211 e. The Hall–Kier alpha value is -3.31. The summed E-state index contributed by atoms with van der Waals surface area (Å²) in [6, 6.07) is 25.4. The molecule has 1 aromatic heterocycles. The second-order valence-corrected chi connectivity index (χ2v) is 7.11. The molecule has 4 rings (SSSR count). The minimum absolute atomic E-state index is 0.114. The van der Waals surface area contributed by atoms with Crippen LogP contribution < -0.4 is 0 Å². The third-order valence-electron chi connectivity index (χ3n) is 4.33. The van der Waals surface area contributed by atoms with Crippen LogP contribution in [-0.4, -0.2) is 20.5 Å². The molecule has 0 saturated heterocycles. The summed E-state index contributed by atoms with van der Waals surface area (Å²) in [5.74, 6) is -0.114. The molecule has 0 aliphatic carbocycles. The van der Waals surface area contributed by atoms with Crippen LogP contribution in [-0.2, 0) is 0 Å². The first-order chi connectivity index (χ1) is 13.7. The fraction of sp³-hybridized carbons (Fsp3) is 0. The molecule has 0 aliphatic rings. The molecule has 0 atom stereocenters. The van der Waals surface area contributed by atoms with Crippen molar-refractivity contribution in [3.63, 3.8) is 0 Å². The Balaban J connectivity index is 1.67. The Morgan fingerprint density at radius 2 is 1.50 bits per heavy atom. The lowest BCUT2D eigenvalue weighted by Gasteiger charge is -2.08. The lowest BCUT2D eigenvalue weighted by Crippen LogP contribution is -2.10.